The molecule has 24 nitrogen and oxygen atoms in total. The number of hydrogen-bond donors (Lipinski definition) is 2. The number of thiazole rings is 2. The number of nitrogens with one attached hydrogen (secondary N) is 2. The summed E-state index contributed by atoms with van der Waals surface area (Å²) in [7, 11) is -8.04. The molecule has 6 fully saturated rings. The Morgan fingerprint density at radius 1 is 0.554 bits per heavy atom. The Bertz CT molecular complexity index is 4210. The van der Waals surface area contributed by atoms with Gasteiger partial charge in [0.15, 0.2) is 11.6 Å². The first-order valence-electron chi connectivity index (χ1n) is 38.0. The third kappa shape index (κ3) is 19.1. The zero-order valence-corrected chi connectivity index (χ0v) is 67.5. The molecule has 112 heavy (non-hydrogen) atoms. The van der Waals surface area contributed by atoms with Gasteiger partial charge in [0.2, 0.25) is 66.6 Å². The second-order valence-electron chi connectivity index (χ2n) is 33.6. The van der Waals surface area contributed by atoms with Gasteiger partial charge < -0.3 is 28.7 Å². The molecule has 4 aliphatic carbocycles. The Balaban J connectivity index is 0.000000221. The van der Waals surface area contributed by atoms with Crippen molar-refractivity contribution in [1.29, 1.82) is 0 Å². The van der Waals surface area contributed by atoms with Crippen molar-refractivity contribution in [3.05, 3.63) is 84.1 Å². The number of allylic oxidation sites excluding steroid dienone is 4. The minimum atomic E-state index is -4.86. The molecule has 0 bridgehead atoms. The zero-order chi connectivity index (χ0) is 81.7. The molecule has 0 radical (unpaired) electrons. The van der Waals surface area contributed by atoms with Gasteiger partial charge in [-0.2, -0.15) is 26.3 Å². The van der Waals surface area contributed by atoms with Crippen LogP contribution in [0.15, 0.2) is 84.1 Å². The molecule has 8 heterocycles. The van der Waals surface area contributed by atoms with Crippen LogP contribution >= 0.6 is 22.7 Å². The molecule has 14 atom stereocenters. The van der Waals surface area contributed by atoms with E-state index in [4.69, 9.17) is 18.9 Å². The van der Waals surface area contributed by atoms with E-state index in [1.807, 2.05) is 48.9 Å². The van der Waals surface area contributed by atoms with Crippen LogP contribution in [-0.4, -0.2) is 164 Å². The molecule has 4 aliphatic heterocycles. The number of ketones is 2. The predicted molar refractivity (Wildman–Crippen MR) is 401 cm³/mol. The number of sulfonamides is 2. The number of carbonyl (C=O) groups excluding carboxylic acids is 8. The molecule has 4 aromatic rings. The average molecular weight is 1650 g/mol. The third-order valence-electron chi connectivity index (χ3n) is 23.9. The second-order valence-corrected chi connectivity index (χ2v) is 39.8. The van der Waals surface area contributed by atoms with Crippen LogP contribution in [0.1, 0.15) is 185 Å². The van der Waals surface area contributed by atoms with Crippen LogP contribution in [0, 0.1) is 58.2 Å². The molecular formula is C78H98F6N8O16S4. The number of aromatic nitrogens is 4. The number of rotatable bonds is 18. The fraction of sp³-hybridized carbons (Fsp3) is 0.641. The molecular weight excluding hydrogens is 1550 g/mol. The number of alkyl halides is 6. The lowest BCUT2D eigenvalue weighted by Gasteiger charge is -2.33. The van der Waals surface area contributed by atoms with E-state index in [1.165, 1.54) is 32.5 Å². The summed E-state index contributed by atoms with van der Waals surface area (Å²) in [5, 5.41) is 5.09. The van der Waals surface area contributed by atoms with E-state index in [9.17, 15) is 81.5 Å². The third-order valence-corrected chi connectivity index (χ3v) is 29.8. The number of amides is 4. The number of hydrogen-bond acceptors (Lipinski definition) is 22. The predicted octanol–water partition coefficient (Wildman–Crippen LogP) is 12.8. The Morgan fingerprint density at radius 2 is 0.920 bits per heavy atom. The Kier molecular flexibility index (Phi) is 24.7. The van der Waals surface area contributed by atoms with E-state index in [-0.39, 0.29) is 75.2 Å². The van der Waals surface area contributed by atoms with Gasteiger partial charge in [-0.05, 0) is 166 Å². The highest BCUT2D eigenvalue weighted by molar-refractivity contribution is 7.92. The molecule has 612 valence electrons. The van der Waals surface area contributed by atoms with Gasteiger partial charge in [-0.3, -0.25) is 47.8 Å². The number of ether oxygens (including phenoxy) is 4. The summed E-state index contributed by atoms with van der Waals surface area (Å²) in [6.45, 7) is 13.3. The summed E-state index contributed by atoms with van der Waals surface area (Å²) in [4.78, 5) is 133. The molecule has 4 aromatic heterocycles. The van der Waals surface area contributed by atoms with Gasteiger partial charge in [0.1, 0.15) is 22.2 Å². The lowest BCUT2D eigenvalue weighted by atomic mass is 9.82. The lowest BCUT2D eigenvalue weighted by molar-refractivity contribution is -0.257. The normalized spacial score (nSPS) is 30.2. The first kappa shape index (κ1) is 85.2. The summed E-state index contributed by atoms with van der Waals surface area (Å²) in [6.07, 6.45) is 6.18. The van der Waals surface area contributed by atoms with Gasteiger partial charge in [-0.15, -0.1) is 22.7 Å². The second kappa shape index (κ2) is 32.5. The monoisotopic (exact) mass is 1640 g/mol. The smallest absolute Gasteiger partial charge is 0.427 e. The SMILES string of the molecule is C[C@@H]1CC/C=C\[C@@H]2C[C@@]2(C(=O)NS(=O)(=O)C2(C)CC2)CC(=O)[C@@H]2C[C@@H](Oc3cc(-c4nccs4)ccn3)CN2C(=O)[C@@H](CC(=O)OC(C)(C)C(F)(F)F)[C@H](C)C1.C[C@H]1CC/C=C\[C@@H]2C[C@@]2(C(=O)NS(=O)(=O)C2(C)CC2)CC(=O)[C@@H]2C[C@@H](Oc3cc(-c4nccs4)ccn3)CN2C(=O)[C@@H](CC(=O)OC(C)(C)C(F)(F)F)[C@H](C)C1. The maximum Gasteiger partial charge on any atom is 0.427 e. The minimum Gasteiger partial charge on any atom is -0.472 e. The molecule has 0 unspecified atom stereocenters. The van der Waals surface area contributed by atoms with Crippen molar-refractivity contribution in [3.63, 3.8) is 0 Å². The maximum absolute atomic E-state index is 14.7. The summed E-state index contributed by atoms with van der Waals surface area (Å²) in [5.41, 5.74) is -6.86. The number of carbonyl (C=O) groups is 8. The van der Waals surface area contributed by atoms with Crippen LogP contribution in [0.3, 0.4) is 0 Å². The van der Waals surface area contributed by atoms with E-state index in [0.29, 0.717) is 64.2 Å². The van der Waals surface area contributed by atoms with Gasteiger partial charge in [0.05, 0.1) is 70.2 Å². The summed E-state index contributed by atoms with van der Waals surface area (Å²) in [5.74, 6) is -9.82. The molecule has 12 rings (SSSR count). The number of nitrogens with zero attached hydrogens (tertiary/aromatic N) is 6. The van der Waals surface area contributed by atoms with Gasteiger partial charge in [0, 0.05) is 84.5 Å². The first-order chi connectivity index (χ1) is 52.3. The number of pyridine rings is 2. The average Bonchev–Trinajstić information content (AvgIpc) is 1.57. The highest BCUT2D eigenvalue weighted by atomic mass is 32.2. The number of Topliss-reactive ketones (excluding diaryl/α,β-unsaturated/α-hetero) is 2. The molecule has 4 amide bonds. The number of halogens is 6. The molecule has 2 saturated heterocycles. The van der Waals surface area contributed by atoms with Gasteiger partial charge in [-0.1, -0.05) is 52.0 Å². The van der Waals surface area contributed by atoms with Crippen molar-refractivity contribution in [2.24, 2.45) is 58.2 Å². The van der Waals surface area contributed by atoms with Crippen LogP contribution < -0.4 is 18.9 Å². The fourth-order valence-corrected chi connectivity index (χ4v) is 19.5. The summed E-state index contributed by atoms with van der Waals surface area (Å²) in [6, 6.07) is 4.59. The van der Waals surface area contributed by atoms with E-state index in [1.54, 1.807) is 76.7 Å². The topological polar surface area (TPSA) is 324 Å². The standard InChI is InChI=1S/2C39H49F3N4O8S2/c2*1-23-8-6-7-9-26-20-38(26,35(50)45-56(51,52)37(5)11-12-37)21-30(47)29-18-27(53-31-17-25(10-13-43-31)33-44-14-15-55-33)22-46(29)34(49)28(24(2)16-23)19-32(48)54-36(3,4)39(40,41)42/h2*7,9-10,13-15,17,23-24,26-29H,6,8,11-12,16,18-22H2,1-5H3,(H,45,50)/b2*9-7-/t23-,24+,26+,27+,28-,29-,38+;23-,24-,26-,27-,28+,29+,38-/m01/s1. The highest BCUT2D eigenvalue weighted by Crippen LogP contribution is 2.59. The molecule has 0 spiro atoms. The Morgan fingerprint density at radius 3 is 1.25 bits per heavy atom. The van der Waals surface area contributed by atoms with Crippen molar-refractivity contribution in [1.82, 2.24) is 39.2 Å². The molecule has 4 saturated carbocycles. The van der Waals surface area contributed by atoms with E-state index in [0.717, 1.165) is 48.8 Å². The van der Waals surface area contributed by atoms with E-state index >= 15 is 0 Å². The molecule has 0 aromatic carbocycles. The van der Waals surface area contributed by atoms with Crippen LogP contribution in [0.25, 0.3) is 21.1 Å². The van der Waals surface area contributed by atoms with Gasteiger partial charge in [-0.25, -0.2) is 36.8 Å². The van der Waals surface area contributed by atoms with Crippen LogP contribution in [0.4, 0.5) is 26.3 Å². The summed E-state index contributed by atoms with van der Waals surface area (Å²) < 4.78 is 160. The minimum absolute atomic E-state index is 0.00857. The number of esters is 2. The van der Waals surface area contributed by atoms with Gasteiger partial charge >= 0.3 is 24.3 Å². The Hall–Kier alpha value is -7.72. The van der Waals surface area contributed by atoms with Crippen molar-refractivity contribution in [2.45, 2.75) is 242 Å². The number of fused-ring (bicyclic) bond motifs is 4. The van der Waals surface area contributed by atoms with E-state index in [2.05, 4.69) is 29.4 Å². The largest absolute Gasteiger partial charge is 0.472 e. The van der Waals surface area contributed by atoms with Crippen LogP contribution in [-0.2, 0) is 67.9 Å². The molecule has 2 N–H and O–H groups in total. The van der Waals surface area contributed by atoms with Crippen molar-refractivity contribution < 1.29 is 100 Å². The quantitative estimate of drug-likeness (QED) is 0.0531. The molecule has 34 heteroatoms. The maximum atomic E-state index is 14.7. The Labute approximate surface area is 656 Å². The first-order valence-corrected chi connectivity index (χ1v) is 42.8. The van der Waals surface area contributed by atoms with Crippen molar-refractivity contribution >= 4 is 89.9 Å². The fourth-order valence-electron chi connectivity index (χ4n) is 15.6. The molecule has 8 aliphatic rings. The zero-order valence-electron chi connectivity index (χ0n) is 64.3. The van der Waals surface area contributed by atoms with Crippen molar-refractivity contribution in [2.75, 3.05) is 13.1 Å². The summed E-state index contributed by atoms with van der Waals surface area (Å²) >= 11 is 2.83. The van der Waals surface area contributed by atoms with Crippen molar-refractivity contribution in [3.8, 4) is 32.9 Å². The lowest BCUT2D eigenvalue weighted by Crippen LogP contribution is -2.48. The van der Waals surface area contributed by atoms with Gasteiger partial charge in [0.25, 0.3) is 0 Å². The van der Waals surface area contributed by atoms with Crippen LogP contribution in [0.2, 0.25) is 0 Å². The highest BCUT2D eigenvalue weighted by Gasteiger charge is 2.65. The van der Waals surface area contributed by atoms with E-state index < -0.39 is 184 Å². The van der Waals surface area contributed by atoms with Crippen LogP contribution in [0.5, 0.6) is 11.8 Å².